The van der Waals surface area contributed by atoms with Gasteiger partial charge in [-0.25, -0.2) is 0 Å². The van der Waals surface area contributed by atoms with Gasteiger partial charge in [0.15, 0.2) is 11.5 Å². The van der Waals surface area contributed by atoms with Gasteiger partial charge in [-0.1, -0.05) is 6.08 Å². The number of hydrogen-bond acceptors (Lipinski definition) is 5. The van der Waals surface area contributed by atoms with Crippen molar-refractivity contribution in [3.8, 4) is 11.5 Å². The number of amides is 1. The third-order valence-electron chi connectivity index (χ3n) is 4.37. The third kappa shape index (κ3) is 3.53. The van der Waals surface area contributed by atoms with Crippen LogP contribution in [0.5, 0.6) is 11.5 Å². The standard InChI is InChI=1S/C19H20N2O4/c1-13-2-4-16(25-13)14-6-8-21(9-7-14)11-19(22)20-15-3-5-17-18(10-15)24-12-23-17/h2-6,10H,7-9,11-12H2,1H3,(H,20,22). The molecule has 2 aliphatic rings. The molecule has 0 fully saturated rings. The summed E-state index contributed by atoms with van der Waals surface area (Å²) in [4.78, 5) is 14.4. The number of anilines is 1. The van der Waals surface area contributed by atoms with Gasteiger partial charge >= 0.3 is 0 Å². The van der Waals surface area contributed by atoms with Crippen molar-refractivity contribution in [3.63, 3.8) is 0 Å². The molecule has 25 heavy (non-hydrogen) atoms. The molecule has 1 N–H and O–H groups in total. The summed E-state index contributed by atoms with van der Waals surface area (Å²) in [7, 11) is 0. The Morgan fingerprint density at radius 1 is 1.20 bits per heavy atom. The molecule has 6 nitrogen and oxygen atoms in total. The Hall–Kier alpha value is -2.73. The number of rotatable bonds is 4. The second-order valence-electron chi connectivity index (χ2n) is 6.24. The SMILES string of the molecule is Cc1ccc(C2=CCN(CC(=O)Nc3ccc4c(c3)OCO4)CC2)o1. The molecule has 2 aliphatic heterocycles. The highest BCUT2D eigenvalue weighted by Gasteiger charge is 2.18. The lowest BCUT2D eigenvalue weighted by Crippen LogP contribution is -2.36. The highest BCUT2D eigenvalue weighted by Crippen LogP contribution is 2.34. The molecule has 1 amide bonds. The van der Waals surface area contributed by atoms with Gasteiger partial charge in [0.1, 0.15) is 11.5 Å². The molecule has 0 saturated heterocycles. The Balaban J connectivity index is 1.32. The molecule has 1 aromatic heterocycles. The maximum atomic E-state index is 12.3. The average Bonchev–Trinajstić information content (AvgIpc) is 3.24. The number of benzene rings is 1. The summed E-state index contributed by atoms with van der Waals surface area (Å²) in [5, 5.41) is 2.91. The smallest absolute Gasteiger partial charge is 0.238 e. The van der Waals surface area contributed by atoms with Crippen LogP contribution in [0.4, 0.5) is 5.69 Å². The van der Waals surface area contributed by atoms with E-state index in [1.54, 1.807) is 12.1 Å². The second-order valence-corrected chi connectivity index (χ2v) is 6.24. The normalized spacial score (nSPS) is 16.6. The quantitative estimate of drug-likeness (QED) is 0.927. The number of ether oxygens (including phenoxy) is 2. The van der Waals surface area contributed by atoms with E-state index in [-0.39, 0.29) is 12.7 Å². The van der Waals surface area contributed by atoms with Crippen LogP contribution in [0.2, 0.25) is 0 Å². The number of hydrogen-bond donors (Lipinski definition) is 1. The van der Waals surface area contributed by atoms with Crippen LogP contribution in [-0.4, -0.2) is 37.2 Å². The van der Waals surface area contributed by atoms with Gasteiger partial charge < -0.3 is 19.2 Å². The molecule has 3 heterocycles. The summed E-state index contributed by atoms with van der Waals surface area (Å²) in [6, 6.07) is 9.39. The topological polar surface area (TPSA) is 63.9 Å². The maximum absolute atomic E-state index is 12.3. The minimum Gasteiger partial charge on any atom is -0.462 e. The molecule has 0 atom stereocenters. The fourth-order valence-electron chi connectivity index (χ4n) is 3.06. The minimum absolute atomic E-state index is 0.0374. The van der Waals surface area contributed by atoms with E-state index in [2.05, 4.69) is 16.3 Å². The number of aryl methyl sites for hydroxylation is 1. The van der Waals surface area contributed by atoms with E-state index in [0.29, 0.717) is 23.7 Å². The van der Waals surface area contributed by atoms with Crippen molar-refractivity contribution in [2.45, 2.75) is 13.3 Å². The molecule has 130 valence electrons. The largest absolute Gasteiger partial charge is 0.462 e. The van der Waals surface area contributed by atoms with Crippen molar-refractivity contribution in [2.24, 2.45) is 0 Å². The minimum atomic E-state index is -0.0374. The molecule has 4 rings (SSSR count). The van der Waals surface area contributed by atoms with Gasteiger partial charge in [-0.15, -0.1) is 0 Å². The monoisotopic (exact) mass is 340 g/mol. The lowest BCUT2D eigenvalue weighted by atomic mass is 10.1. The Morgan fingerprint density at radius 2 is 2.08 bits per heavy atom. The number of fused-ring (bicyclic) bond motifs is 1. The predicted molar refractivity (Wildman–Crippen MR) is 93.7 cm³/mol. The van der Waals surface area contributed by atoms with Crippen LogP contribution in [0.3, 0.4) is 0 Å². The molecule has 0 bridgehead atoms. The van der Waals surface area contributed by atoms with Gasteiger partial charge in [0.05, 0.1) is 6.54 Å². The predicted octanol–water partition coefficient (Wildman–Crippen LogP) is 3.04. The molecule has 0 aliphatic carbocycles. The number of carbonyl (C=O) groups excluding carboxylic acids is 1. The third-order valence-corrected chi connectivity index (χ3v) is 4.37. The van der Waals surface area contributed by atoms with Crippen molar-refractivity contribution >= 4 is 17.2 Å². The summed E-state index contributed by atoms with van der Waals surface area (Å²) >= 11 is 0. The summed E-state index contributed by atoms with van der Waals surface area (Å²) in [6.07, 6.45) is 3.01. The zero-order valence-corrected chi connectivity index (χ0v) is 14.1. The van der Waals surface area contributed by atoms with Crippen LogP contribution in [0.25, 0.3) is 5.57 Å². The molecule has 0 radical (unpaired) electrons. The van der Waals surface area contributed by atoms with Gasteiger partial charge in [-0.3, -0.25) is 9.69 Å². The fourth-order valence-corrected chi connectivity index (χ4v) is 3.06. The van der Waals surface area contributed by atoms with Crippen LogP contribution < -0.4 is 14.8 Å². The van der Waals surface area contributed by atoms with Crippen LogP contribution in [0.15, 0.2) is 40.8 Å². The lowest BCUT2D eigenvalue weighted by molar-refractivity contribution is -0.117. The van der Waals surface area contributed by atoms with E-state index in [1.165, 1.54) is 5.57 Å². The highest BCUT2D eigenvalue weighted by molar-refractivity contribution is 5.92. The van der Waals surface area contributed by atoms with E-state index < -0.39 is 0 Å². The zero-order chi connectivity index (χ0) is 17.2. The van der Waals surface area contributed by atoms with E-state index in [9.17, 15) is 4.79 Å². The Morgan fingerprint density at radius 3 is 2.84 bits per heavy atom. The van der Waals surface area contributed by atoms with Crippen molar-refractivity contribution in [1.82, 2.24) is 4.90 Å². The number of nitrogens with zero attached hydrogens (tertiary/aromatic N) is 1. The zero-order valence-electron chi connectivity index (χ0n) is 14.1. The molecule has 0 unspecified atom stereocenters. The first-order valence-electron chi connectivity index (χ1n) is 8.35. The first-order chi connectivity index (χ1) is 12.2. The lowest BCUT2D eigenvalue weighted by Gasteiger charge is -2.25. The van der Waals surface area contributed by atoms with Crippen LogP contribution in [-0.2, 0) is 4.79 Å². The first kappa shape index (κ1) is 15.8. The summed E-state index contributed by atoms with van der Waals surface area (Å²) < 4.78 is 16.3. The summed E-state index contributed by atoms with van der Waals surface area (Å²) in [5.41, 5.74) is 1.93. The second kappa shape index (κ2) is 6.64. The number of furan rings is 1. The van der Waals surface area contributed by atoms with Crippen molar-refractivity contribution in [2.75, 3.05) is 31.7 Å². The van der Waals surface area contributed by atoms with Gasteiger partial charge in [0, 0.05) is 24.8 Å². The Labute approximate surface area is 146 Å². The highest BCUT2D eigenvalue weighted by atomic mass is 16.7. The molecule has 2 aromatic rings. The van der Waals surface area contributed by atoms with Crippen LogP contribution in [0, 0.1) is 6.92 Å². The Bertz CT molecular complexity index is 825. The fraction of sp³-hybridized carbons (Fsp3) is 0.316. The van der Waals surface area contributed by atoms with Crippen LogP contribution in [0.1, 0.15) is 17.9 Å². The van der Waals surface area contributed by atoms with E-state index in [0.717, 1.165) is 31.0 Å². The van der Waals surface area contributed by atoms with Crippen LogP contribution >= 0.6 is 0 Å². The van der Waals surface area contributed by atoms with Gasteiger partial charge in [-0.05, 0) is 43.2 Å². The number of carbonyl (C=O) groups is 1. The first-order valence-corrected chi connectivity index (χ1v) is 8.35. The molecular weight excluding hydrogens is 320 g/mol. The van der Waals surface area contributed by atoms with Crippen molar-refractivity contribution < 1.29 is 18.7 Å². The van der Waals surface area contributed by atoms with Crippen molar-refractivity contribution in [1.29, 1.82) is 0 Å². The average molecular weight is 340 g/mol. The van der Waals surface area contributed by atoms with Gasteiger partial charge in [0.2, 0.25) is 12.7 Å². The number of nitrogens with one attached hydrogen (secondary N) is 1. The molecule has 6 heteroatoms. The summed E-state index contributed by atoms with van der Waals surface area (Å²) in [6.45, 7) is 4.10. The Kier molecular flexibility index (Phi) is 4.19. The van der Waals surface area contributed by atoms with E-state index in [1.807, 2.05) is 25.1 Å². The molecule has 1 aromatic carbocycles. The van der Waals surface area contributed by atoms with Crippen molar-refractivity contribution in [3.05, 3.63) is 47.9 Å². The van der Waals surface area contributed by atoms with Gasteiger partial charge in [-0.2, -0.15) is 0 Å². The van der Waals surface area contributed by atoms with Gasteiger partial charge in [0.25, 0.3) is 0 Å². The van der Waals surface area contributed by atoms with E-state index >= 15 is 0 Å². The maximum Gasteiger partial charge on any atom is 0.238 e. The molecule has 0 spiro atoms. The molecular formula is C19H20N2O4. The summed E-state index contributed by atoms with van der Waals surface area (Å²) in [5.74, 6) is 3.19. The van der Waals surface area contributed by atoms with E-state index in [4.69, 9.17) is 13.9 Å². The molecule has 0 saturated carbocycles.